The van der Waals surface area contributed by atoms with Gasteiger partial charge in [-0.3, -0.25) is 4.79 Å². The summed E-state index contributed by atoms with van der Waals surface area (Å²) in [6, 6.07) is 18.2. The minimum atomic E-state index is -3.04. The third kappa shape index (κ3) is 5.96. The molecule has 2 atom stereocenters. The molecular weight excluding hydrogens is 562 g/mol. The van der Waals surface area contributed by atoms with Crippen LogP contribution < -0.4 is 14.4 Å². The van der Waals surface area contributed by atoms with Gasteiger partial charge in [-0.25, -0.2) is 8.42 Å². The number of carbonyl (C=O) groups is 1. The Morgan fingerprint density at radius 3 is 2.22 bits per heavy atom. The lowest BCUT2D eigenvalue weighted by atomic mass is 9.79. The van der Waals surface area contributed by atoms with Crippen LogP contribution in [0.2, 0.25) is 5.02 Å². The highest BCUT2D eigenvalue weighted by Crippen LogP contribution is 2.44. The van der Waals surface area contributed by atoms with E-state index in [-0.39, 0.29) is 35.9 Å². The molecule has 2 aliphatic rings. The van der Waals surface area contributed by atoms with Crippen molar-refractivity contribution in [3.8, 4) is 11.5 Å². The van der Waals surface area contributed by atoms with E-state index in [4.69, 9.17) is 21.1 Å². The molecule has 2 aliphatic heterocycles. The highest BCUT2D eigenvalue weighted by molar-refractivity contribution is 7.91. The van der Waals surface area contributed by atoms with E-state index >= 15 is 0 Å². The van der Waals surface area contributed by atoms with E-state index in [1.807, 2.05) is 74.5 Å². The molecule has 0 unspecified atom stereocenters. The van der Waals surface area contributed by atoms with Crippen molar-refractivity contribution in [2.75, 3.05) is 23.5 Å². The molecule has 1 fully saturated rings. The van der Waals surface area contributed by atoms with Gasteiger partial charge in [-0.2, -0.15) is 0 Å². The monoisotopic (exact) mass is 597 g/mol. The quantitative estimate of drug-likeness (QED) is 0.367. The Hall–Kier alpha value is -3.07. The number of hydrogen-bond acceptors (Lipinski definition) is 6. The third-order valence-corrected chi connectivity index (χ3v) is 10.2. The Bertz CT molecular complexity index is 1520. The first-order valence-electron chi connectivity index (χ1n) is 13.9. The lowest BCUT2D eigenvalue weighted by Gasteiger charge is -2.39. The summed E-state index contributed by atoms with van der Waals surface area (Å²) in [5.74, 6) is 1.12. The number of aliphatic hydroxyl groups is 1. The molecule has 3 aromatic rings. The van der Waals surface area contributed by atoms with E-state index in [1.165, 1.54) is 0 Å². The van der Waals surface area contributed by atoms with E-state index in [9.17, 15) is 18.3 Å². The number of halogens is 1. The van der Waals surface area contributed by atoms with Crippen LogP contribution in [0.3, 0.4) is 0 Å². The normalized spacial score (nSPS) is 20.4. The molecule has 1 N–H and O–H groups in total. The van der Waals surface area contributed by atoms with Gasteiger partial charge in [0, 0.05) is 10.7 Å². The third-order valence-electron chi connectivity index (χ3n) is 8.22. The number of amides is 1. The van der Waals surface area contributed by atoms with E-state index in [0.29, 0.717) is 40.6 Å². The maximum absolute atomic E-state index is 13.8. The van der Waals surface area contributed by atoms with Crippen LogP contribution >= 0.6 is 11.6 Å². The lowest BCUT2D eigenvalue weighted by Crippen LogP contribution is -2.41. The first-order valence-corrected chi connectivity index (χ1v) is 16.1. The van der Waals surface area contributed by atoms with Gasteiger partial charge in [0.25, 0.3) is 0 Å². The zero-order valence-electron chi connectivity index (χ0n) is 23.8. The average molecular weight is 598 g/mol. The van der Waals surface area contributed by atoms with E-state index < -0.39 is 21.5 Å². The molecule has 0 aliphatic carbocycles. The van der Waals surface area contributed by atoms with Crippen molar-refractivity contribution in [2.45, 2.75) is 57.8 Å². The first kappa shape index (κ1) is 29.4. The molecular formula is C32H36ClNO6S. The first-order chi connectivity index (χ1) is 19.4. The summed E-state index contributed by atoms with van der Waals surface area (Å²) in [5, 5.41) is 12.1. The molecule has 0 radical (unpaired) electrons. The molecule has 1 amide bonds. The maximum Gasteiger partial charge on any atom is 0.232 e. The fourth-order valence-corrected chi connectivity index (χ4v) is 7.59. The van der Waals surface area contributed by atoms with Crippen LogP contribution in [0.15, 0.2) is 60.7 Å². The molecule has 0 bridgehead atoms. The number of methoxy groups -OCH3 is 1. The fourth-order valence-electron chi connectivity index (χ4n) is 5.98. The van der Waals surface area contributed by atoms with Gasteiger partial charge in [0.2, 0.25) is 5.91 Å². The fraction of sp³-hybridized carbons (Fsp3) is 0.406. The smallest absolute Gasteiger partial charge is 0.232 e. The van der Waals surface area contributed by atoms with Crippen LogP contribution in [0.4, 0.5) is 5.69 Å². The van der Waals surface area contributed by atoms with Gasteiger partial charge in [-0.1, -0.05) is 35.9 Å². The van der Waals surface area contributed by atoms with Crippen LogP contribution in [-0.4, -0.2) is 44.2 Å². The predicted octanol–water partition coefficient (Wildman–Crippen LogP) is 5.85. The highest BCUT2D eigenvalue weighted by atomic mass is 35.5. The van der Waals surface area contributed by atoms with Crippen molar-refractivity contribution in [3.63, 3.8) is 0 Å². The molecule has 5 rings (SSSR count). The molecule has 7 nitrogen and oxygen atoms in total. The van der Waals surface area contributed by atoms with Gasteiger partial charge in [0.15, 0.2) is 11.5 Å². The van der Waals surface area contributed by atoms with Gasteiger partial charge in [-0.15, -0.1) is 0 Å². The van der Waals surface area contributed by atoms with Gasteiger partial charge in [0.1, 0.15) is 9.84 Å². The van der Waals surface area contributed by atoms with Crippen LogP contribution in [0.25, 0.3) is 0 Å². The van der Waals surface area contributed by atoms with E-state index in [1.54, 1.807) is 18.9 Å². The van der Waals surface area contributed by atoms with E-state index in [0.717, 1.165) is 16.7 Å². The zero-order chi connectivity index (χ0) is 29.5. The van der Waals surface area contributed by atoms with Gasteiger partial charge >= 0.3 is 0 Å². The summed E-state index contributed by atoms with van der Waals surface area (Å²) in [4.78, 5) is 15.6. The van der Waals surface area contributed by atoms with Crippen LogP contribution in [0, 0.1) is 5.92 Å². The standard InChI is InChI=1S/C32H36ClNO6S/c1-20(2)40-29-19-27-22(17-28(29)39-4)18-30(35)34(31(27)21-5-9-25(33)10-6-21)26-11-7-23(8-12-26)32(3,36)24-13-15-41(37,38)16-14-24/h5-12,17,19-20,24,31,36H,13-16,18H2,1-4H3/t31-,32+/m0/s1. The summed E-state index contributed by atoms with van der Waals surface area (Å²) in [6.07, 6.45) is 0.957. The average Bonchev–Trinajstić information content (AvgIpc) is 2.92. The summed E-state index contributed by atoms with van der Waals surface area (Å²) < 4.78 is 35.5. The number of carbonyl (C=O) groups excluding carboxylic acids is 1. The molecule has 3 aromatic carbocycles. The van der Waals surface area contributed by atoms with E-state index in [2.05, 4.69) is 0 Å². The number of anilines is 1. The molecule has 0 spiro atoms. The Balaban J connectivity index is 1.55. The second-order valence-electron chi connectivity index (χ2n) is 11.4. The number of sulfone groups is 1. The number of rotatable bonds is 7. The molecule has 1 saturated heterocycles. The molecule has 9 heteroatoms. The SMILES string of the molecule is COc1cc2c(cc1OC(C)C)[C@H](c1ccc(Cl)cc1)N(c1ccc([C@@](C)(O)C3CCS(=O)(=O)CC3)cc1)C(=O)C2. The number of nitrogens with zero attached hydrogens (tertiary/aromatic N) is 1. The summed E-state index contributed by atoms with van der Waals surface area (Å²) in [6.45, 7) is 5.65. The molecule has 0 saturated carbocycles. The Labute approximate surface area is 247 Å². The Kier molecular flexibility index (Phi) is 8.12. The Morgan fingerprint density at radius 1 is 1.00 bits per heavy atom. The number of ether oxygens (including phenoxy) is 2. The van der Waals surface area contributed by atoms with Gasteiger partial charge in [0.05, 0.1) is 42.8 Å². The summed E-state index contributed by atoms with van der Waals surface area (Å²) in [5.41, 5.74) is 2.88. The molecule has 218 valence electrons. The van der Waals surface area contributed by atoms with Crippen molar-refractivity contribution in [1.29, 1.82) is 0 Å². The summed E-state index contributed by atoms with van der Waals surface area (Å²) >= 11 is 6.22. The van der Waals surface area contributed by atoms with Crippen molar-refractivity contribution in [2.24, 2.45) is 5.92 Å². The molecule has 0 aromatic heterocycles. The Morgan fingerprint density at radius 2 is 1.63 bits per heavy atom. The second kappa shape index (κ2) is 11.3. The van der Waals surface area contributed by atoms with Crippen molar-refractivity contribution >= 4 is 33.0 Å². The predicted molar refractivity (Wildman–Crippen MR) is 161 cm³/mol. The largest absolute Gasteiger partial charge is 0.493 e. The number of benzene rings is 3. The van der Waals surface area contributed by atoms with Crippen LogP contribution in [0.5, 0.6) is 11.5 Å². The topological polar surface area (TPSA) is 93.1 Å². The maximum atomic E-state index is 13.8. The number of fused-ring (bicyclic) bond motifs is 1. The molecule has 2 heterocycles. The van der Waals surface area contributed by atoms with Crippen molar-refractivity contribution < 1.29 is 27.8 Å². The second-order valence-corrected chi connectivity index (χ2v) is 14.1. The van der Waals surface area contributed by atoms with Gasteiger partial charge < -0.3 is 19.5 Å². The van der Waals surface area contributed by atoms with Crippen molar-refractivity contribution in [1.82, 2.24) is 0 Å². The van der Waals surface area contributed by atoms with Gasteiger partial charge in [-0.05, 0) is 98.2 Å². The minimum Gasteiger partial charge on any atom is -0.493 e. The zero-order valence-corrected chi connectivity index (χ0v) is 25.3. The lowest BCUT2D eigenvalue weighted by molar-refractivity contribution is -0.118. The van der Waals surface area contributed by atoms with Crippen molar-refractivity contribution in [3.05, 3.63) is 87.9 Å². The number of hydrogen-bond donors (Lipinski definition) is 1. The minimum absolute atomic E-state index is 0.0677. The highest BCUT2D eigenvalue weighted by Gasteiger charge is 2.39. The van der Waals surface area contributed by atoms with Crippen LogP contribution in [-0.2, 0) is 26.7 Å². The summed E-state index contributed by atoms with van der Waals surface area (Å²) in [7, 11) is -1.45. The molecule has 41 heavy (non-hydrogen) atoms. The van der Waals surface area contributed by atoms with Crippen LogP contribution in [0.1, 0.15) is 61.9 Å².